The molecular weight excluding hydrogens is 767 g/mol. The Kier molecular flexibility index (Phi) is 9.43. The molecule has 8 aromatic carbocycles. The van der Waals surface area contributed by atoms with Crippen LogP contribution in [-0.2, 0) is 5.41 Å². The number of fused-ring (bicyclic) bond motifs is 3. The fraction of sp³-hybridized carbons (Fsp3) is 0.0517. The van der Waals surface area contributed by atoms with Gasteiger partial charge in [0, 0.05) is 38.8 Å². The maximum Gasteiger partial charge on any atom is 0.164 e. The second kappa shape index (κ2) is 15.7. The molecule has 0 N–H and O–H groups in total. The summed E-state index contributed by atoms with van der Waals surface area (Å²) in [5, 5.41) is 0. The van der Waals surface area contributed by atoms with E-state index in [2.05, 4.69) is 172 Å². The van der Waals surface area contributed by atoms with E-state index < -0.39 is 0 Å². The molecule has 10 aromatic rings. The molecule has 0 spiro atoms. The lowest BCUT2D eigenvalue weighted by Gasteiger charge is -2.21. The monoisotopic (exact) mass is 807 g/mol. The summed E-state index contributed by atoms with van der Waals surface area (Å²) in [6.07, 6.45) is 0. The molecule has 1 aliphatic rings. The van der Waals surface area contributed by atoms with Crippen LogP contribution >= 0.6 is 0 Å². The normalized spacial score (nSPS) is 12.4. The predicted octanol–water partition coefficient (Wildman–Crippen LogP) is 14.3. The quantitative estimate of drug-likeness (QED) is 0.153. The molecule has 0 saturated heterocycles. The summed E-state index contributed by atoms with van der Waals surface area (Å²) in [4.78, 5) is 25.7. The van der Waals surface area contributed by atoms with Gasteiger partial charge in [0.05, 0.1) is 11.4 Å². The minimum absolute atomic E-state index is 0.0872. The zero-order valence-corrected chi connectivity index (χ0v) is 34.9. The molecule has 298 valence electrons. The fourth-order valence-corrected chi connectivity index (χ4v) is 8.86. The Hall–Kier alpha value is -8.15. The number of hydrogen-bond donors (Lipinski definition) is 0. The van der Waals surface area contributed by atoms with Gasteiger partial charge in [0.15, 0.2) is 23.3 Å². The smallest absolute Gasteiger partial charge is 0.164 e. The summed E-state index contributed by atoms with van der Waals surface area (Å²) in [6, 6.07) is 73.8. The van der Waals surface area contributed by atoms with Crippen molar-refractivity contribution in [3.8, 4) is 101 Å². The minimum atomic E-state index is -0.0872. The Labute approximate surface area is 367 Å². The first-order valence-corrected chi connectivity index (χ1v) is 21.3. The van der Waals surface area contributed by atoms with E-state index >= 15 is 0 Å². The van der Waals surface area contributed by atoms with Crippen LogP contribution < -0.4 is 0 Å². The Morgan fingerprint density at radius 2 is 0.651 bits per heavy atom. The first-order chi connectivity index (χ1) is 30.9. The maximum atomic E-state index is 5.22. The van der Waals surface area contributed by atoms with Crippen LogP contribution in [0.3, 0.4) is 0 Å². The highest BCUT2D eigenvalue weighted by Gasteiger charge is 2.35. The van der Waals surface area contributed by atoms with E-state index in [-0.39, 0.29) is 5.41 Å². The first kappa shape index (κ1) is 37.8. The number of aromatic nitrogens is 5. The van der Waals surface area contributed by atoms with Crippen molar-refractivity contribution >= 4 is 0 Å². The third kappa shape index (κ3) is 7.19. The van der Waals surface area contributed by atoms with Gasteiger partial charge < -0.3 is 0 Å². The average Bonchev–Trinajstić information content (AvgIpc) is 3.59. The Bertz CT molecular complexity index is 3310. The predicted molar refractivity (Wildman–Crippen MR) is 256 cm³/mol. The van der Waals surface area contributed by atoms with Gasteiger partial charge in [-0.15, -0.1) is 0 Å². The molecule has 0 amide bonds. The van der Waals surface area contributed by atoms with Crippen LogP contribution in [0.15, 0.2) is 212 Å². The maximum absolute atomic E-state index is 5.22. The topological polar surface area (TPSA) is 64.5 Å². The molecule has 0 unspecified atom stereocenters. The summed E-state index contributed by atoms with van der Waals surface area (Å²) in [5.41, 5.74) is 16.9. The lowest BCUT2D eigenvalue weighted by molar-refractivity contribution is 0.660. The van der Waals surface area contributed by atoms with Crippen molar-refractivity contribution < 1.29 is 0 Å². The molecule has 0 aliphatic heterocycles. The van der Waals surface area contributed by atoms with Crippen LogP contribution in [0.4, 0.5) is 0 Å². The van der Waals surface area contributed by atoms with Gasteiger partial charge in [-0.25, -0.2) is 24.9 Å². The molecule has 2 heterocycles. The van der Waals surface area contributed by atoms with Crippen molar-refractivity contribution in [2.75, 3.05) is 0 Å². The zero-order chi connectivity index (χ0) is 42.3. The number of benzene rings is 8. The molecule has 1 aliphatic carbocycles. The van der Waals surface area contributed by atoms with E-state index in [4.69, 9.17) is 24.9 Å². The minimum Gasteiger partial charge on any atom is -0.228 e. The number of hydrogen-bond acceptors (Lipinski definition) is 5. The number of rotatable bonds is 8. The molecule has 0 radical (unpaired) electrons. The van der Waals surface area contributed by atoms with Crippen molar-refractivity contribution in [3.63, 3.8) is 0 Å². The van der Waals surface area contributed by atoms with Crippen LogP contribution in [0.5, 0.6) is 0 Å². The highest BCUT2D eigenvalue weighted by Crippen LogP contribution is 2.49. The van der Waals surface area contributed by atoms with Crippen LogP contribution in [0.1, 0.15) is 25.0 Å². The molecule has 5 nitrogen and oxygen atoms in total. The molecule has 63 heavy (non-hydrogen) atoms. The van der Waals surface area contributed by atoms with Crippen LogP contribution in [0.25, 0.3) is 101 Å². The molecule has 5 heteroatoms. The van der Waals surface area contributed by atoms with Crippen LogP contribution in [-0.4, -0.2) is 24.9 Å². The fourth-order valence-electron chi connectivity index (χ4n) is 8.86. The summed E-state index contributed by atoms with van der Waals surface area (Å²) in [7, 11) is 0. The van der Waals surface area contributed by atoms with E-state index in [0.29, 0.717) is 23.3 Å². The Morgan fingerprint density at radius 1 is 0.254 bits per heavy atom. The molecule has 11 rings (SSSR count). The van der Waals surface area contributed by atoms with E-state index in [1.807, 2.05) is 54.6 Å². The number of nitrogens with zero attached hydrogens (tertiary/aromatic N) is 5. The largest absolute Gasteiger partial charge is 0.228 e. The SMILES string of the molecule is CC1(C)c2ccccc2-c2cc(-c3nc(-c4ccccc4)nc(-c4cccc(-c5cccc(-c6cc(-c7ccccc7)nc(-c7cccc(-c8ccccc8)c7)n6)c5)c4)n3)ccc21. The van der Waals surface area contributed by atoms with E-state index in [1.54, 1.807) is 0 Å². The van der Waals surface area contributed by atoms with Gasteiger partial charge >= 0.3 is 0 Å². The van der Waals surface area contributed by atoms with Crippen molar-refractivity contribution in [1.82, 2.24) is 24.9 Å². The summed E-state index contributed by atoms with van der Waals surface area (Å²) in [6.45, 7) is 4.60. The second-order valence-corrected chi connectivity index (χ2v) is 16.5. The molecular formula is C58H41N5. The van der Waals surface area contributed by atoms with Crippen molar-refractivity contribution in [1.29, 1.82) is 0 Å². The highest BCUT2D eigenvalue weighted by atomic mass is 15.0. The Balaban J connectivity index is 0.989. The zero-order valence-electron chi connectivity index (χ0n) is 34.9. The summed E-state index contributed by atoms with van der Waals surface area (Å²) < 4.78 is 0. The highest BCUT2D eigenvalue weighted by molar-refractivity contribution is 5.84. The van der Waals surface area contributed by atoms with Crippen molar-refractivity contribution in [2.24, 2.45) is 0 Å². The molecule has 2 aromatic heterocycles. The summed E-state index contributed by atoms with van der Waals surface area (Å²) in [5.74, 6) is 2.56. The van der Waals surface area contributed by atoms with Crippen molar-refractivity contribution in [2.45, 2.75) is 19.3 Å². The van der Waals surface area contributed by atoms with E-state index in [0.717, 1.165) is 67.0 Å². The molecule has 0 saturated carbocycles. The van der Waals surface area contributed by atoms with Crippen LogP contribution in [0, 0.1) is 0 Å². The van der Waals surface area contributed by atoms with Gasteiger partial charge in [0.2, 0.25) is 0 Å². The molecule has 0 bridgehead atoms. The average molecular weight is 808 g/mol. The standard InChI is InChI=1S/C58H41N5/c1-58(2)50-30-13-12-29-48(50)49-36-47(31-32-51(49)58)57-62-54(40-21-10-5-11-22-40)61-56(63-57)46-28-16-25-43(35-46)42-24-14-26-44(33-42)53-37-52(39-19-8-4-9-20-39)59-55(60-53)45-27-15-23-41(34-45)38-17-6-3-7-18-38/h3-37H,1-2H3. The van der Waals surface area contributed by atoms with Gasteiger partial charge in [-0.2, -0.15) is 0 Å². The summed E-state index contributed by atoms with van der Waals surface area (Å²) >= 11 is 0. The van der Waals surface area contributed by atoms with Gasteiger partial charge in [-0.3, -0.25) is 0 Å². The third-order valence-corrected chi connectivity index (χ3v) is 12.1. The van der Waals surface area contributed by atoms with E-state index in [1.165, 1.54) is 22.3 Å². The van der Waals surface area contributed by atoms with Gasteiger partial charge in [0.25, 0.3) is 0 Å². The molecule has 0 atom stereocenters. The van der Waals surface area contributed by atoms with E-state index in [9.17, 15) is 0 Å². The van der Waals surface area contributed by atoms with Crippen LogP contribution in [0.2, 0.25) is 0 Å². The lowest BCUT2D eigenvalue weighted by Crippen LogP contribution is -2.14. The van der Waals surface area contributed by atoms with Gasteiger partial charge in [-0.05, 0) is 74.8 Å². The molecule has 0 fully saturated rings. The van der Waals surface area contributed by atoms with Gasteiger partial charge in [0.1, 0.15) is 0 Å². The third-order valence-electron chi connectivity index (χ3n) is 12.1. The Morgan fingerprint density at radius 3 is 1.27 bits per heavy atom. The van der Waals surface area contributed by atoms with Gasteiger partial charge in [-0.1, -0.05) is 196 Å². The second-order valence-electron chi connectivity index (χ2n) is 16.5. The first-order valence-electron chi connectivity index (χ1n) is 21.3. The lowest BCUT2D eigenvalue weighted by atomic mass is 9.82. The van der Waals surface area contributed by atoms with Crippen molar-refractivity contribution in [3.05, 3.63) is 223 Å².